The normalized spacial score (nSPS) is 11.5. The van der Waals surface area contributed by atoms with Crippen molar-refractivity contribution in [3.63, 3.8) is 0 Å². The second-order valence-corrected chi connectivity index (χ2v) is 12.6. The molecule has 0 aliphatic rings. The molecule has 0 saturated carbocycles. The number of benzene rings is 6. The van der Waals surface area contributed by atoms with Crippen molar-refractivity contribution in [3.8, 4) is 33.4 Å². The zero-order valence-electron chi connectivity index (χ0n) is 23.1. The van der Waals surface area contributed by atoms with Gasteiger partial charge in [0.15, 0.2) is 0 Å². The van der Waals surface area contributed by atoms with E-state index < -0.39 is 5.41 Å². The van der Waals surface area contributed by atoms with Gasteiger partial charge >= 0.3 is 0 Å². The van der Waals surface area contributed by atoms with E-state index >= 15 is 0 Å². The number of rotatable bonds is 6. The summed E-state index contributed by atoms with van der Waals surface area (Å²) in [4.78, 5) is 3.74. The monoisotopic (exact) mass is 614 g/mol. The van der Waals surface area contributed by atoms with Crippen LogP contribution in [0.3, 0.4) is 0 Å². The molecular weight excluding hydrogens is 585 g/mol. The summed E-state index contributed by atoms with van der Waals surface area (Å²) in [6.07, 6.45) is 0. The second kappa shape index (κ2) is 12.1. The minimum Gasteiger partial charge on any atom is -0.143 e. The maximum atomic E-state index is 5.04. The van der Waals surface area contributed by atoms with E-state index in [1.54, 1.807) is 0 Å². The first-order valence-corrected chi connectivity index (χ1v) is 15.5. The zero-order chi connectivity index (χ0) is 29.3. The van der Waals surface area contributed by atoms with Gasteiger partial charge in [0.1, 0.15) is 0 Å². The minimum atomic E-state index is -0.553. The first kappa shape index (κ1) is 28.8. The van der Waals surface area contributed by atoms with Gasteiger partial charge in [0.2, 0.25) is 0 Å². The molecule has 206 valence electrons. The van der Waals surface area contributed by atoms with Gasteiger partial charge in [-0.15, -0.1) is 50.5 Å². The average molecular weight is 615 g/mol. The maximum Gasteiger partial charge on any atom is 0.0445 e. The molecule has 4 heteroatoms. The Labute approximate surface area is 270 Å². The van der Waals surface area contributed by atoms with Crippen LogP contribution < -0.4 is 0 Å². The third kappa shape index (κ3) is 5.69. The highest BCUT2D eigenvalue weighted by molar-refractivity contribution is 7.80. The van der Waals surface area contributed by atoms with Crippen LogP contribution in [0, 0.1) is 0 Å². The maximum absolute atomic E-state index is 5.04. The lowest BCUT2D eigenvalue weighted by Crippen LogP contribution is -2.27. The molecule has 6 aromatic rings. The van der Waals surface area contributed by atoms with Crippen LogP contribution >= 0.6 is 50.5 Å². The van der Waals surface area contributed by atoms with Crippen LogP contribution in [0.4, 0.5) is 0 Å². The molecule has 0 nitrogen and oxygen atoms in total. The Morgan fingerprint density at radius 3 is 1.19 bits per heavy atom. The van der Waals surface area contributed by atoms with Crippen molar-refractivity contribution in [1.82, 2.24) is 0 Å². The van der Waals surface area contributed by atoms with Crippen LogP contribution in [0.1, 0.15) is 23.6 Å². The van der Waals surface area contributed by atoms with Crippen LogP contribution in [0.5, 0.6) is 0 Å². The van der Waals surface area contributed by atoms with E-state index in [-0.39, 0.29) is 0 Å². The Hall–Kier alpha value is -3.28. The van der Waals surface area contributed by atoms with Gasteiger partial charge in [0.25, 0.3) is 0 Å². The fourth-order valence-corrected chi connectivity index (χ4v) is 6.65. The predicted octanol–water partition coefficient (Wildman–Crippen LogP) is 11.2. The van der Waals surface area contributed by atoms with Crippen LogP contribution in [0.15, 0.2) is 159 Å². The molecule has 6 rings (SSSR count). The molecule has 0 bridgehead atoms. The smallest absolute Gasteiger partial charge is 0.0445 e. The highest BCUT2D eigenvalue weighted by atomic mass is 32.1. The average Bonchev–Trinajstić information content (AvgIpc) is 3.02. The lowest BCUT2D eigenvalue weighted by Gasteiger charge is -2.35. The third-order valence-corrected chi connectivity index (χ3v) is 9.42. The van der Waals surface area contributed by atoms with E-state index in [1.807, 2.05) is 30.3 Å². The van der Waals surface area contributed by atoms with Gasteiger partial charge in [0, 0.05) is 25.0 Å². The lowest BCUT2D eigenvalue weighted by molar-refractivity contribution is 0.664. The lowest BCUT2D eigenvalue weighted by atomic mass is 9.70. The Kier molecular flexibility index (Phi) is 8.33. The van der Waals surface area contributed by atoms with Crippen LogP contribution in [-0.2, 0) is 5.41 Å². The molecule has 0 aliphatic carbocycles. The molecule has 0 radical (unpaired) electrons. The van der Waals surface area contributed by atoms with Crippen LogP contribution in [0.25, 0.3) is 33.4 Å². The minimum absolute atomic E-state index is 0.553. The van der Waals surface area contributed by atoms with Crippen molar-refractivity contribution in [2.24, 2.45) is 0 Å². The van der Waals surface area contributed by atoms with Crippen molar-refractivity contribution < 1.29 is 0 Å². The quantitative estimate of drug-likeness (QED) is 0.104. The highest BCUT2D eigenvalue weighted by Crippen LogP contribution is 2.46. The summed E-state index contributed by atoms with van der Waals surface area (Å²) in [6.45, 7) is 2.29. The van der Waals surface area contributed by atoms with Gasteiger partial charge in [-0.05, 0) is 106 Å². The molecule has 0 aromatic heterocycles. The summed E-state index contributed by atoms with van der Waals surface area (Å²) in [5.74, 6) is 0. The first-order valence-electron chi connectivity index (χ1n) is 13.7. The predicted molar refractivity (Wildman–Crippen MR) is 190 cm³/mol. The Morgan fingerprint density at radius 1 is 0.381 bits per heavy atom. The molecular formula is C38H30S4. The standard InChI is InChI=1S/C38H30S4/c1-38(31-15-7-26(8-16-31)25-5-3-2-4-6-25,34-23-29(13-21-36(34)41)27-9-17-32(39)18-10-27)35-24-30(14-22-37(35)42)28-11-19-33(40)20-12-28/h2-24,39-42H,1H3. The molecule has 0 aliphatic heterocycles. The van der Waals surface area contributed by atoms with Gasteiger partial charge in [-0.2, -0.15) is 0 Å². The van der Waals surface area contributed by atoms with E-state index in [0.29, 0.717) is 0 Å². The Balaban J connectivity index is 1.57. The summed E-state index contributed by atoms with van der Waals surface area (Å²) in [6, 6.07) is 49.0. The van der Waals surface area contributed by atoms with Crippen LogP contribution in [0.2, 0.25) is 0 Å². The van der Waals surface area contributed by atoms with Crippen molar-refractivity contribution in [3.05, 3.63) is 156 Å². The number of hydrogen-bond donors (Lipinski definition) is 4. The molecule has 0 fully saturated rings. The van der Waals surface area contributed by atoms with Gasteiger partial charge < -0.3 is 0 Å². The third-order valence-electron chi connectivity index (χ3n) is 8.04. The molecule has 42 heavy (non-hydrogen) atoms. The van der Waals surface area contributed by atoms with Gasteiger partial charge in [-0.25, -0.2) is 0 Å². The first-order chi connectivity index (χ1) is 20.3. The van der Waals surface area contributed by atoms with Crippen molar-refractivity contribution in [2.45, 2.75) is 31.9 Å². The fourth-order valence-electron chi connectivity index (χ4n) is 5.62. The summed E-state index contributed by atoms with van der Waals surface area (Å²) >= 11 is 19.1. The van der Waals surface area contributed by atoms with E-state index in [0.717, 1.165) is 53.0 Å². The summed E-state index contributed by atoms with van der Waals surface area (Å²) in [7, 11) is 0. The van der Waals surface area contributed by atoms with Crippen molar-refractivity contribution >= 4 is 50.5 Å². The van der Waals surface area contributed by atoms with Crippen molar-refractivity contribution in [1.29, 1.82) is 0 Å². The molecule has 6 aromatic carbocycles. The summed E-state index contributed by atoms with van der Waals surface area (Å²) in [5.41, 5.74) is 9.74. The SMILES string of the molecule is CC(c1ccc(-c2ccccc2)cc1)(c1cc(-c2ccc(S)cc2)ccc1S)c1cc(-c2ccc(S)cc2)ccc1S. The fraction of sp³-hybridized carbons (Fsp3) is 0.0526. The van der Waals surface area contributed by atoms with E-state index in [4.69, 9.17) is 25.3 Å². The number of thiol groups is 4. The molecule has 0 amide bonds. The molecule has 0 saturated heterocycles. The van der Waals surface area contributed by atoms with Crippen LogP contribution in [-0.4, -0.2) is 0 Å². The molecule has 0 spiro atoms. The Morgan fingerprint density at radius 2 is 0.738 bits per heavy atom. The second-order valence-electron chi connectivity index (χ2n) is 10.6. The Bertz CT molecular complexity index is 1750. The van der Waals surface area contributed by atoms with Crippen molar-refractivity contribution in [2.75, 3.05) is 0 Å². The molecule has 0 heterocycles. The largest absolute Gasteiger partial charge is 0.143 e. The van der Waals surface area contributed by atoms with E-state index in [2.05, 4.69) is 141 Å². The highest BCUT2D eigenvalue weighted by Gasteiger charge is 2.35. The zero-order valence-corrected chi connectivity index (χ0v) is 26.6. The summed E-state index contributed by atoms with van der Waals surface area (Å²) in [5, 5.41) is 0. The van der Waals surface area contributed by atoms with Gasteiger partial charge in [-0.1, -0.05) is 91.0 Å². The molecule has 0 N–H and O–H groups in total. The van der Waals surface area contributed by atoms with Gasteiger partial charge in [0.05, 0.1) is 0 Å². The number of hydrogen-bond acceptors (Lipinski definition) is 4. The molecule has 0 atom stereocenters. The van der Waals surface area contributed by atoms with Gasteiger partial charge in [-0.3, -0.25) is 0 Å². The van der Waals surface area contributed by atoms with E-state index in [1.165, 1.54) is 16.7 Å². The van der Waals surface area contributed by atoms with E-state index in [9.17, 15) is 0 Å². The summed E-state index contributed by atoms with van der Waals surface area (Å²) < 4.78 is 0. The molecule has 0 unspecified atom stereocenters. The topological polar surface area (TPSA) is 0 Å².